The number of amides is 1. The van der Waals surface area contributed by atoms with E-state index in [9.17, 15) is 9.59 Å². The normalized spacial score (nSPS) is 14.4. The Kier molecular flexibility index (Phi) is 3.64. The summed E-state index contributed by atoms with van der Waals surface area (Å²) in [7, 11) is 0. The summed E-state index contributed by atoms with van der Waals surface area (Å²) < 4.78 is 0. The molecule has 0 aliphatic carbocycles. The SMILES string of the molecule is Cc1ncsc1CCC(C)(C(N)=O)C(=O)O. The van der Waals surface area contributed by atoms with Crippen molar-refractivity contribution in [2.45, 2.75) is 26.7 Å². The van der Waals surface area contributed by atoms with E-state index >= 15 is 0 Å². The lowest BCUT2D eigenvalue weighted by Crippen LogP contribution is -2.41. The minimum absolute atomic E-state index is 0.195. The van der Waals surface area contributed by atoms with E-state index in [0.29, 0.717) is 6.42 Å². The lowest BCUT2D eigenvalue weighted by molar-refractivity contribution is -0.153. The van der Waals surface area contributed by atoms with E-state index in [2.05, 4.69) is 4.98 Å². The molecule has 1 aromatic rings. The second-order valence-electron chi connectivity index (χ2n) is 3.86. The number of carboxylic acid groups (broad SMARTS) is 1. The van der Waals surface area contributed by atoms with Gasteiger partial charge in [0.05, 0.1) is 11.2 Å². The number of nitrogens with zero attached hydrogens (tertiary/aromatic N) is 1. The zero-order chi connectivity index (χ0) is 12.3. The Labute approximate surface area is 97.3 Å². The molecule has 0 radical (unpaired) electrons. The maximum atomic E-state index is 11.1. The molecule has 0 aromatic carbocycles. The smallest absolute Gasteiger partial charge is 0.318 e. The molecule has 88 valence electrons. The molecule has 0 fully saturated rings. The van der Waals surface area contributed by atoms with Crippen LogP contribution in [0.4, 0.5) is 0 Å². The Morgan fingerprint density at radius 2 is 2.25 bits per heavy atom. The second kappa shape index (κ2) is 4.61. The zero-order valence-electron chi connectivity index (χ0n) is 9.19. The van der Waals surface area contributed by atoms with Gasteiger partial charge in [-0.25, -0.2) is 4.98 Å². The van der Waals surface area contributed by atoms with Gasteiger partial charge in [-0.2, -0.15) is 0 Å². The van der Waals surface area contributed by atoms with Crippen molar-refractivity contribution in [1.29, 1.82) is 0 Å². The van der Waals surface area contributed by atoms with Gasteiger partial charge >= 0.3 is 5.97 Å². The number of primary amides is 1. The predicted octanol–water partition coefficient (Wildman–Crippen LogP) is 0.960. The number of carboxylic acids is 1. The average molecular weight is 242 g/mol. The molecule has 1 rings (SSSR count). The molecule has 0 aliphatic rings. The fraction of sp³-hybridized carbons (Fsp3) is 0.500. The number of rotatable bonds is 5. The molecular formula is C10H14N2O3S. The Hall–Kier alpha value is -1.43. The van der Waals surface area contributed by atoms with Crippen LogP contribution in [0.5, 0.6) is 0 Å². The quantitative estimate of drug-likeness (QED) is 0.752. The standard InChI is InChI=1S/C10H14N2O3S/c1-6-7(16-5-12-6)3-4-10(2,8(11)13)9(14)15/h5H,3-4H2,1-2H3,(H2,11,13)(H,14,15). The monoisotopic (exact) mass is 242 g/mol. The summed E-state index contributed by atoms with van der Waals surface area (Å²) in [6.45, 7) is 3.21. The maximum Gasteiger partial charge on any atom is 0.318 e. The van der Waals surface area contributed by atoms with Gasteiger partial charge < -0.3 is 10.8 Å². The van der Waals surface area contributed by atoms with Crippen LogP contribution < -0.4 is 5.73 Å². The summed E-state index contributed by atoms with van der Waals surface area (Å²) >= 11 is 1.46. The summed E-state index contributed by atoms with van der Waals surface area (Å²) in [6.07, 6.45) is 0.697. The number of hydrogen-bond acceptors (Lipinski definition) is 4. The number of nitrogens with two attached hydrogens (primary N) is 1. The lowest BCUT2D eigenvalue weighted by atomic mass is 9.84. The maximum absolute atomic E-state index is 11.1. The summed E-state index contributed by atoms with van der Waals surface area (Å²) in [4.78, 5) is 27.2. The molecule has 16 heavy (non-hydrogen) atoms. The number of aliphatic carboxylic acids is 1. The molecule has 1 heterocycles. The van der Waals surface area contributed by atoms with E-state index in [4.69, 9.17) is 10.8 Å². The van der Waals surface area contributed by atoms with E-state index in [1.807, 2.05) is 6.92 Å². The van der Waals surface area contributed by atoms with E-state index < -0.39 is 17.3 Å². The van der Waals surface area contributed by atoms with Crippen molar-refractivity contribution in [2.24, 2.45) is 11.1 Å². The number of carbonyl (C=O) groups excluding carboxylic acids is 1. The molecular weight excluding hydrogens is 228 g/mol. The van der Waals surface area contributed by atoms with Crippen LogP contribution in [-0.2, 0) is 16.0 Å². The van der Waals surface area contributed by atoms with E-state index in [1.165, 1.54) is 18.3 Å². The first-order valence-electron chi connectivity index (χ1n) is 4.80. The summed E-state index contributed by atoms with van der Waals surface area (Å²) in [5.74, 6) is -1.98. The molecule has 0 aliphatic heterocycles. The van der Waals surface area contributed by atoms with Crippen molar-refractivity contribution in [3.63, 3.8) is 0 Å². The van der Waals surface area contributed by atoms with E-state index in [1.54, 1.807) is 5.51 Å². The van der Waals surface area contributed by atoms with Crippen LogP contribution in [0, 0.1) is 12.3 Å². The minimum atomic E-state index is -1.50. The van der Waals surface area contributed by atoms with Gasteiger partial charge in [-0.3, -0.25) is 9.59 Å². The second-order valence-corrected chi connectivity index (χ2v) is 4.80. The molecule has 0 saturated carbocycles. The highest BCUT2D eigenvalue weighted by Crippen LogP contribution is 2.26. The number of carbonyl (C=O) groups is 2. The van der Waals surface area contributed by atoms with Crippen molar-refractivity contribution in [3.8, 4) is 0 Å². The fourth-order valence-electron chi connectivity index (χ4n) is 1.27. The van der Waals surface area contributed by atoms with Crippen molar-refractivity contribution < 1.29 is 14.7 Å². The summed E-state index contributed by atoms with van der Waals surface area (Å²) in [5, 5.41) is 8.99. The molecule has 3 N–H and O–H groups in total. The fourth-order valence-corrected chi connectivity index (χ4v) is 2.05. The molecule has 1 aromatic heterocycles. The highest BCUT2D eigenvalue weighted by molar-refractivity contribution is 7.09. The first-order chi connectivity index (χ1) is 7.38. The van der Waals surface area contributed by atoms with Gasteiger partial charge in [-0.05, 0) is 26.7 Å². The van der Waals surface area contributed by atoms with E-state index in [-0.39, 0.29) is 6.42 Å². The van der Waals surface area contributed by atoms with Gasteiger partial charge in [0, 0.05) is 4.88 Å². The molecule has 1 amide bonds. The van der Waals surface area contributed by atoms with Gasteiger partial charge in [0.15, 0.2) is 0 Å². The Bertz CT molecular complexity index is 400. The van der Waals surface area contributed by atoms with Gasteiger partial charge in [-0.1, -0.05) is 0 Å². The summed E-state index contributed by atoms with van der Waals surface area (Å²) in [6, 6.07) is 0. The molecule has 0 bridgehead atoms. The van der Waals surface area contributed by atoms with Crippen molar-refractivity contribution in [2.75, 3.05) is 0 Å². The summed E-state index contributed by atoms with van der Waals surface area (Å²) in [5.41, 5.74) is 6.19. The van der Waals surface area contributed by atoms with Crippen LogP contribution in [0.25, 0.3) is 0 Å². The van der Waals surface area contributed by atoms with Gasteiger partial charge in [0.2, 0.25) is 5.91 Å². The number of aromatic nitrogens is 1. The van der Waals surface area contributed by atoms with Gasteiger partial charge in [0.1, 0.15) is 5.41 Å². The predicted molar refractivity (Wildman–Crippen MR) is 60.1 cm³/mol. The molecule has 0 saturated heterocycles. The average Bonchev–Trinajstić information content (AvgIpc) is 2.59. The van der Waals surface area contributed by atoms with Crippen LogP contribution in [-0.4, -0.2) is 22.0 Å². The van der Waals surface area contributed by atoms with Crippen molar-refractivity contribution >= 4 is 23.2 Å². The largest absolute Gasteiger partial charge is 0.480 e. The zero-order valence-corrected chi connectivity index (χ0v) is 10.0. The highest BCUT2D eigenvalue weighted by Gasteiger charge is 2.39. The number of thiazole rings is 1. The van der Waals surface area contributed by atoms with Crippen molar-refractivity contribution in [1.82, 2.24) is 4.98 Å². The Morgan fingerprint density at radius 1 is 1.62 bits per heavy atom. The van der Waals surface area contributed by atoms with Gasteiger partial charge in [-0.15, -0.1) is 11.3 Å². The lowest BCUT2D eigenvalue weighted by Gasteiger charge is -2.20. The third-order valence-electron chi connectivity index (χ3n) is 2.71. The third-order valence-corrected chi connectivity index (χ3v) is 3.71. The van der Waals surface area contributed by atoms with Crippen LogP contribution >= 0.6 is 11.3 Å². The van der Waals surface area contributed by atoms with Gasteiger partial charge in [0.25, 0.3) is 0 Å². The molecule has 1 unspecified atom stereocenters. The molecule has 0 spiro atoms. The first-order valence-corrected chi connectivity index (χ1v) is 5.68. The van der Waals surface area contributed by atoms with Crippen LogP contribution in [0.15, 0.2) is 5.51 Å². The first kappa shape index (κ1) is 12.6. The molecule has 6 heteroatoms. The van der Waals surface area contributed by atoms with Crippen LogP contribution in [0.2, 0.25) is 0 Å². The van der Waals surface area contributed by atoms with E-state index in [0.717, 1.165) is 10.6 Å². The Balaban J connectivity index is 2.76. The molecule has 5 nitrogen and oxygen atoms in total. The topological polar surface area (TPSA) is 93.3 Å². The third kappa shape index (κ3) is 2.38. The van der Waals surface area contributed by atoms with Crippen molar-refractivity contribution in [3.05, 3.63) is 16.1 Å². The van der Waals surface area contributed by atoms with Crippen LogP contribution in [0.3, 0.4) is 0 Å². The minimum Gasteiger partial charge on any atom is -0.480 e. The van der Waals surface area contributed by atoms with Crippen LogP contribution in [0.1, 0.15) is 23.9 Å². The highest BCUT2D eigenvalue weighted by atomic mass is 32.1. The Morgan fingerprint density at radius 3 is 2.62 bits per heavy atom. The molecule has 1 atom stereocenters. The number of aryl methyl sites for hydroxylation is 2. The number of hydrogen-bond donors (Lipinski definition) is 2.